The van der Waals surface area contributed by atoms with Crippen molar-refractivity contribution < 1.29 is 17.9 Å². The van der Waals surface area contributed by atoms with Gasteiger partial charge >= 0.3 is 5.97 Å². The van der Waals surface area contributed by atoms with E-state index in [0.717, 1.165) is 0 Å². The molecule has 0 radical (unpaired) electrons. The second-order valence-electron chi connectivity index (χ2n) is 3.17. The van der Waals surface area contributed by atoms with Gasteiger partial charge in [0.1, 0.15) is 6.04 Å². The molecule has 0 aromatic carbocycles. The Hall–Kier alpha value is -0.620. The Bertz CT molecular complexity index is 298. The zero-order valence-electron chi connectivity index (χ0n) is 7.61. The molecule has 1 fully saturated rings. The third-order valence-electron chi connectivity index (χ3n) is 2.18. The SMILES string of the molecule is COC(=O)[C@@H]1C[C@@H](S(C)(=O)=O)CN1. The number of carbonyl (C=O) groups excluding carboxylic acids is 1. The molecular formula is C7H13NO4S. The number of rotatable bonds is 2. The summed E-state index contributed by atoms with van der Waals surface area (Å²) in [6, 6.07) is -0.468. The zero-order valence-corrected chi connectivity index (χ0v) is 8.43. The maximum atomic E-state index is 11.1. The Morgan fingerprint density at radius 2 is 2.15 bits per heavy atom. The molecule has 0 aromatic rings. The average Bonchev–Trinajstić information content (AvgIpc) is 2.50. The van der Waals surface area contributed by atoms with Crippen LogP contribution in [0.25, 0.3) is 0 Å². The molecule has 1 rings (SSSR count). The quantitative estimate of drug-likeness (QED) is 0.584. The van der Waals surface area contributed by atoms with Crippen molar-refractivity contribution in [2.45, 2.75) is 17.7 Å². The van der Waals surface area contributed by atoms with Crippen molar-refractivity contribution in [1.29, 1.82) is 0 Å². The molecular weight excluding hydrogens is 194 g/mol. The normalized spacial score (nSPS) is 28.8. The first-order chi connectivity index (χ1) is 5.95. The molecule has 1 aliphatic heterocycles. The van der Waals surface area contributed by atoms with E-state index in [2.05, 4.69) is 10.1 Å². The van der Waals surface area contributed by atoms with Crippen LogP contribution in [0.5, 0.6) is 0 Å². The fraction of sp³-hybridized carbons (Fsp3) is 0.857. The highest BCUT2D eigenvalue weighted by Gasteiger charge is 2.35. The van der Waals surface area contributed by atoms with Crippen molar-refractivity contribution in [1.82, 2.24) is 5.32 Å². The lowest BCUT2D eigenvalue weighted by Crippen LogP contribution is -2.31. The minimum absolute atomic E-state index is 0.311. The predicted molar refractivity (Wildman–Crippen MR) is 47.1 cm³/mol. The molecule has 0 amide bonds. The second-order valence-corrected chi connectivity index (χ2v) is 5.50. The summed E-state index contributed by atoms with van der Waals surface area (Å²) >= 11 is 0. The lowest BCUT2D eigenvalue weighted by molar-refractivity contribution is -0.142. The number of hydrogen-bond acceptors (Lipinski definition) is 5. The largest absolute Gasteiger partial charge is 0.468 e. The van der Waals surface area contributed by atoms with Gasteiger partial charge in [0.05, 0.1) is 12.4 Å². The van der Waals surface area contributed by atoms with E-state index in [9.17, 15) is 13.2 Å². The number of carbonyl (C=O) groups is 1. The van der Waals surface area contributed by atoms with Gasteiger partial charge in [-0.15, -0.1) is 0 Å². The minimum atomic E-state index is -3.05. The lowest BCUT2D eigenvalue weighted by atomic mass is 10.2. The average molecular weight is 207 g/mol. The van der Waals surface area contributed by atoms with Crippen LogP contribution in [0, 0.1) is 0 Å². The van der Waals surface area contributed by atoms with Crippen LogP contribution in [0.3, 0.4) is 0 Å². The lowest BCUT2D eigenvalue weighted by Gasteiger charge is -2.06. The maximum Gasteiger partial charge on any atom is 0.322 e. The minimum Gasteiger partial charge on any atom is -0.468 e. The van der Waals surface area contributed by atoms with Gasteiger partial charge in [0.25, 0.3) is 0 Å². The highest BCUT2D eigenvalue weighted by molar-refractivity contribution is 7.91. The smallest absolute Gasteiger partial charge is 0.322 e. The summed E-state index contributed by atoms with van der Waals surface area (Å²) in [5.41, 5.74) is 0. The monoisotopic (exact) mass is 207 g/mol. The highest BCUT2D eigenvalue weighted by Crippen LogP contribution is 2.14. The predicted octanol–water partition coefficient (Wildman–Crippen LogP) is -1.07. The maximum absolute atomic E-state index is 11.1. The first kappa shape index (κ1) is 10.5. The van der Waals surface area contributed by atoms with Crippen LogP contribution in [0.4, 0.5) is 0 Å². The molecule has 0 bridgehead atoms. The molecule has 0 spiro atoms. The molecule has 76 valence electrons. The zero-order chi connectivity index (χ0) is 10.1. The van der Waals surface area contributed by atoms with Crippen LogP contribution < -0.4 is 5.32 Å². The van der Waals surface area contributed by atoms with E-state index in [1.54, 1.807) is 0 Å². The third-order valence-corrected chi connectivity index (χ3v) is 3.75. The van der Waals surface area contributed by atoms with Crippen LogP contribution in [0.2, 0.25) is 0 Å². The summed E-state index contributed by atoms with van der Waals surface area (Å²) < 4.78 is 26.7. The van der Waals surface area contributed by atoms with Crippen molar-refractivity contribution in [3.05, 3.63) is 0 Å². The molecule has 6 heteroatoms. The molecule has 0 unspecified atom stereocenters. The Kier molecular flexibility index (Phi) is 2.92. The summed E-state index contributed by atoms with van der Waals surface area (Å²) in [6.07, 6.45) is 1.49. The Morgan fingerprint density at radius 1 is 1.54 bits per heavy atom. The summed E-state index contributed by atoms with van der Waals surface area (Å²) in [4.78, 5) is 11.0. The molecule has 0 aromatic heterocycles. The van der Waals surface area contributed by atoms with Gasteiger partial charge in [-0.05, 0) is 6.42 Å². The van der Waals surface area contributed by atoms with Gasteiger partial charge in [0, 0.05) is 12.8 Å². The van der Waals surface area contributed by atoms with Crippen molar-refractivity contribution in [3.63, 3.8) is 0 Å². The molecule has 1 aliphatic rings. The molecule has 0 aliphatic carbocycles. The van der Waals surface area contributed by atoms with Crippen LogP contribution in [-0.4, -0.2) is 45.6 Å². The summed E-state index contributed by atoms with van der Waals surface area (Å²) in [7, 11) is -1.76. The molecule has 2 atom stereocenters. The van der Waals surface area contributed by atoms with E-state index in [1.165, 1.54) is 13.4 Å². The molecule has 0 saturated carbocycles. The number of sulfone groups is 1. The highest BCUT2D eigenvalue weighted by atomic mass is 32.2. The van der Waals surface area contributed by atoms with Gasteiger partial charge in [-0.25, -0.2) is 8.42 Å². The van der Waals surface area contributed by atoms with E-state index >= 15 is 0 Å². The van der Waals surface area contributed by atoms with Gasteiger partial charge in [-0.1, -0.05) is 0 Å². The summed E-state index contributed by atoms with van der Waals surface area (Å²) in [6.45, 7) is 0.332. The van der Waals surface area contributed by atoms with E-state index < -0.39 is 27.1 Å². The molecule has 1 heterocycles. The van der Waals surface area contributed by atoms with E-state index in [-0.39, 0.29) is 0 Å². The van der Waals surface area contributed by atoms with Gasteiger partial charge in [-0.2, -0.15) is 0 Å². The third kappa shape index (κ3) is 2.41. The first-order valence-corrected chi connectivity index (χ1v) is 5.90. The number of hydrogen-bond donors (Lipinski definition) is 1. The first-order valence-electron chi connectivity index (χ1n) is 3.95. The van der Waals surface area contributed by atoms with Crippen LogP contribution >= 0.6 is 0 Å². The number of nitrogens with one attached hydrogen (secondary N) is 1. The molecule has 13 heavy (non-hydrogen) atoms. The van der Waals surface area contributed by atoms with Crippen molar-refractivity contribution >= 4 is 15.8 Å². The number of methoxy groups -OCH3 is 1. The second kappa shape index (κ2) is 3.63. The Balaban J connectivity index is 2.60. The standard InChI is InChI=1S/C7H13NO4S/c1-12-7(9)6-3-5(4-8-6)13(2,10)11/h5-6,8H,3-4H2,1-2H3/t5-,6+/m1/s1. The van der Waals surface area contributed by atoms with E-state index in [1.807, 2.05) is 0 Å². The van der Waals surface area contributed by atoms with Crippen molar-refractivity contribution in [3.8, 4) is 0 Å². The van der Waals surface area contributed by atoms with Gasteiger partial charge in [-0.3, -0.25) is 4.79 Å². The van der Waals surface area contributed by atoms with Gasteiger partial charge < -0.3 is 10.1 Å². The van der Waals surface area contributed by atoms with Crippen LogP contribution in [0.1, 0.15) is 6.42 Å². The van der Waals surface area contributed by atoms with Crippen LogP contribution in [-0.2, 0) is 19.4 Å². The summed E-state index contributed by atoms with van der Waals surface area (Å²) in [5, 5.41) is 2.35. The number of ether oxygens (including phenoxy) is 1. The van der Waals surface area contributed by atoms with Crippen LogP contribution in [0.15, 0.2) is 0 Å². The topological polar surface area (TPSA) is 72.5 Å². The van der Waals surface area contributed by atoms with Crippen molar-refractivity contribution in [2.75, 3.05) is 19.9 Å². The Labute approximate surface area is 77.4 Å². The molecule has 1 saturated heterocycles. The molecule has 5 nitrogen and oxygen atoms in total. The Morgan fingerprint density at radius 3 is 2.54 bits per heavy atom. The van der Waals surface area contributed by atoms with E-state index in [0.29, 0.717) is 13.0 Å². The molecule has 1 N–H and O–H groups in total. The fourth-order valence-electron chi connectivity index (χ4n) is 1.35. The van der Waals surface area contributed by atoms with E-state index in [4.69, 9.17) is 0 Å². The fourth-order valence-corrected chi connectivity index (χ4v) is 2.29. The summed E-state index contributed by atoms with van der Waals surface area (Å²) in [5.74, 6) is -0.397. The van der Waals surface area contributed by atoms with Gasteiger partial charge in [0.2, 0.25) is 0 Å². The van der Waals surface area contributed by atoms with Crippen molar-refractivity contribution in [2.24, 2.45) is 0 Å². The van der Waals surface area contributed by atoms with Gasteiger partial charge in [0.15, 0.2) is 9.84 Å². The number of esters is 1.